The topological polar surface area (TPSA) is 115 Å². The first-order valence-corrected chi connectivity index (χ1v) is 5.61. The SMILES string of the molecule is O=S(=O)(O)O.OCC(O)[CH2][Na]. The molecule has 4 N–H and O–H groups in total. The number of hydrogen-bond donors (Lipinski definition) is 4. The van der Waals surface area contributed by atoms with E-state index in [0.717, 1.165) is 31.6 Å². The van der Waals surface area contributed by atoms with Gasteiger partial charge in [-0.3, -0.25) is 9.11 Å². The monoisotopic (exact) mass is 196 g/mol. The second-order valence-corrected chi connectivity index (χ2v) is 3.40. The molecule has 1 atom stereocenters. The summed E-state index contributed by atoms with van der Waals surface area (Å²) in [6, 6.07) is 0. The third kappa shape index (κ3) is 36.3. The first kappa shape index (κ1) is 14.3. The van der Waals surface area contributed by atoms with Gasteiger partial charge in [-0.2, -0.15) is 8.42 Å². The molecule has 0 aliphatic heterocycles. The van der Waals surface area contributed by atoms with Crippen molar-refractivity contribution in [3.63, 3.8) is 0 Å². The first-order valence-electron chi connectivity index (χ1n) is 2.80. The van der Waals surface area contributed by atoms with E-state index in [1.165, 1.54) is 0 Å². The summed E-state index contributed by atoms with van der Waals surface area (Å²) in [6.45, 7) is -0.0799. The van der Waals surface area contributed by atoms with Gasteiger partial charge >= 0.3 is 64.9 Å². The molecule has 0 aliphatic carbocycles. The van der Waals surface area contributed by atoms with Gasteiger partial charge in [0.05, 0.1) is 0 Å². The molecule has 0 aromatic heterocycles. The second-order valence-electron chi connectivity index (χ2n) is 1.69. The minimum atomic E-state index is -4.67. The quantitative estimate of drug-likeness (QED) is 0.308. The van der Waals surface area contributed by atoms with Crippen LogP contribution in [-0.2, 0) is 10.4 Å². The van der Waals surface area contributed by atoms with Crippen LogP contribution in [0.3, 0.4) is 0 Å². The summed E-state index contributed by atoms with van der Waals surface area (Å²) in [4.78, 5) is 0. The second kappa shape index (κ2) is 7.44. The van der Waals surface area contributed by atoms with Crippen molar-refractivity contribution in [2.45, 2.75) is 9.77 Å². The van der Waals surface area contributed by atoms with Crippen LogP contribution in [0.2, 0.25) is 3.67 Å². The Morgan fingerprint density at radius 3 is 1.64 bits per heavy atom. The van der Waals surface area contributed by atoms with Gasteiger partial charge in [0.2, 0.25) is 0 Å². The normalized spacial score (nSPS) is 13.3. The van der Waals surface area contributed by atoms with E-state index in [4.69, 9.17) is 27.7 Å². The fourth-order valence-corrected chi connectivity index (χ4v) is 0.387. The van der Waals surface area contributed by atoms with Crippen molar-refractivity contribution in [2.75, 3.05) is 6.61 Å². The molecule has 0 fully saturated rings. The number of aliphatic hydroxyl groups excluding tert-OH is 2. The zero-order chi connectivity index (χ0) is 9.49. The molecule has 0 rings (SSSR count). The molecule has 1 unspecified atom stereocenters. The van der Waals surface area contributed by atoms with Crippen molar-refractivity contribution in [1.29, 1.82) is 0 Å². The first-order chi connectivity index (χ1) is 4.81. The molecule has 0 spiro atoms. The van der Waals surface area contributed by atoms with Crippen molar-refractivity contribution >= 4 is 38.3 Å². The van der Waals surface area contributed by atoms with Crippen LogP contribution >= 0.6 is 0 Å². The Bertz CT molecular complexity index is 153. The van der Waals surface area contributed by atoms with Crippen LogP contribution in [0.1, 0.15) is 0 Å². The van der Waals surface area contributed by atoms with E-state index in [2.05, 4.69) is 0 Å². The summed E-state index contributed by atoms with van der Waals surface area (Å²) >= 11 is 0.972. The molecule has 0 aliphatic rings. The molecular formula is C3H9NaO6S. The molecule has 0 heterocycles. The molecule has 0 amide bonds. The molecule has 0 saturated heterocycles. The average Bonchev–Trinajstić information content (AvgIpc) is 1.83. The van der Waals surface area contributed by atoms with E-state index in [0.29, 0.717) is 0 Å². The van der Waals surface area contributed by atoms with Crippen molar-refractivity contribution in [3.05, 3.63) is 0 Å². The fraction of sp³-hybridized carbons (Fsp3) is 1.00. The average molecular weight is 196 g/mol. The van der Waals surface area contributed by atoms with E-state index in [9.17, 15) is 0 Å². The number of rotatable bonds is 2. The number of hydrogen-bond acceptors (Lipinski definition) is 4. The van der Waals surface area contributed by atoms with Crippen LogP contribution in [0.4, 0.5) is 0 Å². The molecule has 11 heavy (non-hydrogen) atoms. The van der Waals surface area contributed by atoms with E-state index >= 15 is 0 Å². The minimum absolute atomic E-state index is 0.0799. The van der Waals surface area contributed by atoms with E-state index in [1.54, 1.807) is 0 Å². The molecule has 0 aromatic carbocycles. The maximum absolute atomic E-state index is 8.74. The van der Waals surface area contributed by atoms with Gasteiger partial charge in [0.1, 0.15) is 0 Å². The van der Waals surface area contributed by atoms with Crippen molar-refractivity contribution < 1.29 is 27.7 Å². The standard InChI is InChI=1S/C3H7O2.Na.H2O4S/c1-3(5)2-4;;1-5(2,3)4/h3-5H,1-2H2;;(H2,1,2,3,4). The molecule has 8 heteroatoms. The van der Waals surface area contributed by atoms with Crippen LogP contribution < -0.4 is 0 Å². The summed E-state index contributed by atoms with van der Waals surface area (Å²) in [7, 11) is -4.67. The van der Waals surface area contributed by atoms with E-state index < -0.39 is 16.5 Å². The van der Waals surface area contributed by atoms with Gasteiger partial charge < -0.3 is 0 Å². The fourth-order valence-electron chi connectivity index (χ4n) is 0.129. The molecule has 64 valence electrons. The summed E-state index contributed by atoms with van der Waals surface area (Å²) < 4.78 is 32.4. The van der Waals surface area contributed by atoms with Crippen LogP contribution in [0.5, 0.6) is 0 Å². The summed E-state index contributed by atoms with van der Waals surface area (Å²) in [5.41, 5.74) is 0. The Hall–Kier alpha value is 0.790. The third-order valence-electron chi connectivity index (χ3n) is 0.682. The Kier molecular flexibility index (Phi) is 9.69. The molecular weight excluding hydrogens is 187 g/mol. The van der Waals surface area contributed by atoms with Gasteiger partial charge in [0.25, 0.3) is 0 Å². The number of aliphatic hydroxyl groups is 2. The summed E-state index contributed by atoms with van der Waals surface area (Å²) in [6.07, 6.45) is -0.448. The molecule has 0 aromatic rings. The molecule has 0 radical (unpaired) electrons. The Balaban J connectivity index is 0. The Labute approximate surface area is 82.2 Å². The van der Waals surface area contributed by atoms with Crippen LogP contribution in [-0.4, -0.2) is 68.4 Å². The van der Waals surface area contributed by atoms with Crippen molar-refractivity contribution in [3.8, 4) is 0 Å². The van der Waals surface area contributed by atoms with E-state index in [1.807, 2.05) is 0 Å². The van der Waals surface area contributed by atoms with Gasteiger partial charge in [-0.25, -0.2) is 0 Å². The van der Waals surface area contributed by atoms with Gasteiger partial charge in [0, 0.05) is 0 Å². The maximum atomic E-state index is 8.74. The van der Waals surface area contributed by atoms with Crippen molar-refractivity contribution in [1.82, 2.24) is 0 Å². The Morgan fingerprint density at radius 1 is 1.36 bits per heavy atom. The molecule has 0 saturated carbocycles. The summed E-state index contributed by atoms with van der Waals surface area (Å²) in [5.74, 6) is 0. The van der Waals surface area contributed by atoms with Gasteiger partial charge in [-0.15, -0.1) is 0 Å². The zero-order valence-electron chi connectivity index (χ0n) is 6.01. The van der Waals surface area contributed by atoms with Gasteiger partial charge in [-0.1, -0.05) is 0 Å². The van der Waals surface area contributed by atoms with Gasteiger partial charge in [-0.05, 0) is 0 Å². The van der Waals surface area contributed by atoms with E-state index in [-0.39, 0.29) is 6.61 Å². The molecule has 6 nitrogen and oxygen atoms in total. The Morgan fingerprint density at radius 2 is 1.64 bits per heavy atom. The zero-order valence-corrected chi connectivity index (χ0v) is 8.82. The van der Waals surface area contributed by atoms with Gasteiger partial charge in [0.15, 0.2) is 0 Å². The predicted octanol–water partition coefficient (Wildman–Crippen LogP) is -1.73. The van der Waals surface area contributed by atoms with Crippen LogP contribution in [0.15, 0.2) is 0 Å². The molecule has 0 bridgehead atoms. The van der Waals surface area contributed by atoms with Crippen LogP contribution in [0, 0.1) is 0 Å². The van der Waals surface area contributed by atoms with Crippen LogP contribution in [0.25, 0.3) is 0 Å². The predicted molar refractivity (Wildman–Crippen MR) is 37.8 cm³/mol. The van der Waals surface area contributed by atoms with Crippen molar-refractivity contribution in [2.24, 2.45) is 0 Å². The third-order valence-corrected chi connectivity index (χ3v) is 1.62. The summed E-state index contributed by atoms with van der Waals surface area (Å²) in [5, 5.41) is 16.6.